The highest BCUT2D eigenvalue weighted by molar-refractivity contribution is 6.04. The Morgan fingerprint density at radius 1 is 0.246 bits per heavy atom. The summed E-state index contributed by atoms with van der Waals surface area (Å²) in [4.78, 5) is 2.39. The van der Waals surface area contributed by atoms with Crippen molar-refractivity contribution in [1.29, 1.82) is 0 Å². The van der Waals surface area contributed by atoms with Gasteiger partial charge in [-0.2, -0.15) is 0 Å². The summed E-state index contributed by atoms with van der Waals surface area (Å²) in [5, 5.41) is 5.00. The predicted octanol–water partition coefficient (Wildman–Crippen LogP) is 15.8. The lowest BCUT2D eigenvalue weighted by Gasteiger charge is -2.28. The van der Waals surface area contributed by atoms with Crippen molar-refractivity contribution in [3.8, 4) is 55.6 Å². The SMILES string of the molecule is c1ccc(-c2ccccc2N(c2ccc(-c3ccc(-c4ccc5ccccc5c4)cc3)cc2)c2ccc(-c3c(-c4ccccc4)ccc4ccccc34)cc2)cc1. The molecule has 0 unspecified atom stereocenters. The maximum Gasteiger partial charge on any atom is 0.0540 e. The van der Waals surface area contributed by atoms with Crippen LogP contribution in [-0.2, 0) is 0 Å². The lowest BCUT2D eigenvalue weighted by atomic mass is 9.89. The third-order valence-electron chi connectivity index (χ3n) is 11.1. The molecule has 1 nitrogen and oxygen atoms in total. The van der Waals surface area contributed by atoms with Crippen LogP contribution in [0.1, 0.15) is 0 Å². The standard InChI is InChI=1S/C56H39N/c1-3-14-44(15-4-1)52-20-11-12-22-55(52)57(50-34-29-42(30-35-50)41-23-25-43(26-24-41)49-28-27-40-13-7-8-19-48(40)39-49)51-36-31-47(32-37-51)56-53-21-10-9-18-46(53)33-38-54(56)45-16-5-2-6-17-45/h1-39H. The number of rotatable bonds is 8. The molecule has 1 heteroatoms. The summed E-state index contributed by atoms with van der Waals surface area (Å²) in [5.41, 5.74) is 15.4. The minimum atomic E-state index is 1.09. The molecule has 57 heavy (non-hydrogen) atoms. The van der Waals surface area contributed by atoms with Gasteiger partial charge in [0.05, 0.1) is 5.69 Å². The molecule has 10 rings (SSSR count). The summed E-state index contributed by atoms with van der Waals surface area (Å²) in [7, 11) is 0. The van der Waals surface area contributed by atoms with Crippen molar-refractivity contribution in [3.05, 3.63) is 237 Å². The fourth-order valence-corrected chi connectivity index (χ4v) is 8.20. The van der Waals surface area contributed by atoms with Crippen LogP contribution < -0.4 is 4.90 Å². The fraction of sp³-hybridized carbons (Fsp3) is 0. The van der Waals surface area contributed by atoms with Gasteiger partial charge in [-0.1, -0.05) is 200 Å². The maximum atomic E-state index is 2.39. The van der Waals surface area contributed by atoms with E-state index in [1.807, 2.05) is 0 Å². The maximum absolute atomic E-state index is 2.39. The van der Waals surface area contributed by atoms with Crippen molar-refractivity contribution in [2.24, 2.45) is 0 Å². The minimum absolute atomic E-state index is 1.09. The van der Waals surface area contributed by atoms with Gasteiger partial charge in [0.25, 0.3) is 0 Å². The van der Waals surface area contributed by atoms with E-state index in [0.29, 0.717) is 0 Å². The molecule has 0 N–H and O–H groups in total. The van der Waals surface area contributed by atoms with E-state index in [2.05, 4.69) is 241 Å². The van der Waals surface area contributed by atoms with E-state index in [1.54, 1.807) is 0 Å². The Labute approximate surface area is 334 Å². The molecular weight excluding hydrogens is 687 g/mol. The minimum Gasteiger partial charge on any atom is -0.310 e. The van der Waals surface area contributed by atoms with E-state index in [1.165, 1.54) is 77.2 Å². The number of para-hydroxylation sites is 1. The van der Waals surface area contributed by atoms with E-state index in [-0.39, 0.29) is 0 Å². The molecule has 268 valence electrons. The van der Waals surface area contributed by atoms with Gasteiger partial charge in [0.15, 0.2) is 0 Å². The highest BCUT2D eigenvalue weighted by Crippen LogP contribution is 2.44. The highest BCUT2D eigenvalue weighted by Gasteiger charge is 2.19. The molecule has 0 atom stereocenters. The Balaban J connectivity index is 1.04. The zero-order chi connectivity index (χ0) is 38.0. The number of anilines is 3. The number of nitrogens with zero attached hydrogens (tertiary/aromatic N) is 1. The number of hydrogen-bond donors (Lipinski definition) is 0. The molecule has 0 aliphatic heterocycles. The number of fused-ring (bicyclic) bond motifs is 2. The topological polar surface area (TPSA) is 3.24 Å². The van der Waals surface area contributed by atoms with Gasteiger partial charge in [0.1, 0.15) is 0 Å². The van der Waals surface area contributed by atoms with Crippen molar-refractivity contribution in [2.75, 3.05) is 4.90 Å². The van der Waals surface area contributed by atoms with Crippen LogP contribution in [-0.4, -0.2) is 0 Å². The van der Waals surface area contributed by atoms with Crippen molar-refractivity contribution in [3.63, 3.8) is 0 Å². The monoisotopic (exact) mass is 725 g/mol. The molecule has 0 aromatic heterocycles. The largest absolute Gasteiger partial charge is 0.310 e. The summed E-state index contributed by atoms with van der Waals surface area (Å²) >= 11 is 0. The second-order valence-electron chi connectivity index (χ2n) is 14.5. The highest BCUT2D eigenvalue weighted by atomic mass is 15.1. The first-order valence-corrected chi connectivity index (χ1v) is 19.6. The Hall–Kier alpha value is -7.48. The van der Waals surface area contributed by atoms with E-state index in [0.717, 1.165) is 17.1 Å². The molecular formula is C56H39N. The molecule has 0 bridgehead atoms. The quantitative estimate of drug-likeness (QED) is 0.151. The van der Waals surface area contributed by atoms with Gasteiger partial charge in [0.2, 0.25) is 0 Å². The Morgan fingerprint density at radius 2 is 0.702 bits per heavy atom. The van der Waals surface area contributed by atoms with Crippen LogP contribution in [0.15, 0.2) is 237 Å². The van der Waals surface area contributed by atoms with Crippen LogP contribution in [0.3, 0.4) is 0 Å². The van der Waals surface area contributed by atoms with Gasteiger partial charge in [-0.3, -0.25) is 0 Å². The molecule has 0 heterocycles. The molecule has 0 amide bonds. The second kappa shape index (κ2) is 15.0. The molecule has 0 saturated heterocycles. The molecule has 0 radical (unpaired) electrons. The molecule has 10 aromatic carbocycles. The Kier molecular flexibility index (Phi) is 8.95. The summed E-state index contributed by atoms with van der Waals surface area (Å²) in [6, 6.07) is 85.6. The van der Waals surface area contributed by atoms with Gasteiger partial charge < -0.3 is 4.90 Å². The van der Waals surface area contributed by atoms with Crippen LogP contribution in [0.2, 0.25) is 0 Å². The number of benzene rings is 10. The first-order valence-electron chi connectivity index (χ1n) is 19.6. The molecule has 0 saturated carbocycles. The van der Waals surface area contributed by atoms with Crippen molar-refractivity contribution >= 4 is 38.6 Å². The van der Waals surface area contributed by atoms with Crippen LogP contribution in [0.25, 0.3) is 77.2 Å². The molecule has 0 aliphatic carbocycles. The zero-order valence-electron chi connectivity index (χ0n) is 31.5. The smallest absolute Gasteiger partial charge is 0.0540 e. The third-order valence-corrected chi connectivity index (χ3v) is 11.1. The average Bonchev–Trinajstić information content (AvgIpc) is 3.30. The molecule has 10 aromatic rings. The average molecular weight is 726 g/mol. The van der Waals surface area contributed by atoms with Crippen LogP contribution in [0.5, 0.6) is 0 Å². The first kappa shape index (κ1) is 34.0. The Bertz CT molecular complexity index is 2970. The predicted molar refractivity (Wildman–Crippen MR) is 243 cm³/mol. The first-order chi connectivity index (χ1) is 28.3. The van der Waals surface area contributed by atoms with Crippen LogP contribution >= 0.6 is 0 Å². The van der Waals surface area contributed by atoms with Gasteiger partial charge in [0, 0.05) is 16.9 Å². The molecule has 0 spiro atoms. The summed E-state index contributed by atoms with van der Waals surface area (Å²) in [5.74, 6) is 0. The lowest BCUT2D eigenvalue weighted by molar-refractivity contribution is 1.28. The van der Waals surface area contributed by atoms with Crippen LogP contribution in [0.4, 0.5) is 17.1 Å². The van der Waals surface area contributed by atoms with Crippen molar-refractivity contribution in [1.82, 2.24) is 0 Å². The zero-order valence-corrected chi connectivity index (χ0v) is 31.5. The summed E-state index contributed by atoms with van der Waals surface area (Å²) in [6.45, 7) is 0. The van der Waals surface area contributed by atoms with Gasteiger partial charge in [-0.15, -0.1) is 0 Å². The summed E-state index contributed by atoms with van der Waals surface area (Å²) in [6.07, 6.45) is 0. The van der Waals surface area contributed by atoms with Gasteiger partial charge >= 0.3 is 0 Å². The van der Waals surface area contributed by atoms with E-state index in [9.17, 15) is 0 Å². The summed E-state index contributed by atoms with van der Waals surface area (Å²) < 4.78 is 0. The van der Waals surface area contributed by atoms with Crippen molar-refractivity contribution < 1.29 is 0 Å². The van der Waals surface area contributed by atoms with Crippen molar-refractivity contribution in [2.45, 2.75) is 0 Å². The molecule has 0 aliphatic rings. The lowest BCUT2D eigenvalue weighted by Crippen LogP contribution is -2.11. The van der Waals surface area contributed by atoms with E-state index in [4.69, 9.17) is 0 Å². The normalized spacial score (nSPS) is 11.2. The Morgan fingerprint density at radius 3 is 1.37 bits per heavy atom. The molecule has 0 fully saturated rings. The third kappa shape index (κ3) is 6.66. The van der Waals surface area contributed by atoms with Crippen LogP contribution in [0, 0.1) is 0 Å². The van der Waals surface area contributed by atoms with Gasteiger partial charge in [-0.25, -0.2) is 0 Å². The second-order valence-corrected chi connectivity index (χ2v) is 14.5. The van der Waals surface area contributed by atoms with Gasteiger partial charge in [-0.05, 0) is 108 Å². The van der Waals surface area contributed by atoms with E-state index < -0.39 is 0 Å². The fourth-order valence-electron chi connectivity index (χ4n) is 8.20. The number of hydrogen-bond acceptors (Lipinski definition) is 1. The van der Waals surface area contributed by atoms with E-state index >= 15 is 0 Å².